The Labute approximate surface area is 186 Å². The minimum atomic E-state index is -1.04. The summed E-state index contributed by atoms with van der Waals surface area (Å²) < 4.78 is 0. The van der Waals surface area contributed by atoms with E-state index in [0.29, 0.717) is 11.4 Å². The van der Waals surface area contributed by atoms with Crippen LogP contribution in [0.15, 0.2) is 77.7 Å². The van der Waals surface area contributed by atoms with Gasteiger partial charge in [-0.1, -0.05) is 6.07 Å². The second kappa shape index (κ2) is 10.2. The van der Waals surface area contributed by atoms with Crippen molar-refractivity contribution in [1.29, 1.82) is 0 Å². The van der Waals surface area contributed by atoms with Crippen molar-refractivity contribution in [3.8, 4) is 0 Å². The number of nitro groups is 1. The van der Waals surface area contributed by atoms with Crippen molar-refractivity contribution in [3.63, 3.8) is 0 Å². The smallest absolute Gasteiger partial charge is 0.335 e. The molecule has 0 unspecified atom stereocenters. The lowest BCUT2D eigenvalue weighted by Crippen LogP contribution is -2.14. The van der Waals surface area contributed by atoms with Gasteiger partial charge in [0, 0.05) is 34.0 Å². The van der Waals surface area contributed by atoms with E-state index in [0.717, 1.165) is 4.90 Å². The van der Waals surface area contributed by atoms with Crippen molar-refractivity contribution in [2.45, 2.75) is 4.90 Å². The number of hydrogen-bond acceptors (Lipinski definition) is 6. The number of nitrogens with one attached hydrogen (secondary N) is 2. The Kier molecular flexibility index (Phi) is 7.19. The number of non-ortho nitro benzene ring substituents is 1. The van der Waals surface area contributed by atoms with Gasteiger partial charge in [0.25, 0.3) is 11.6 Å². The third-order valence-electron chi connectivity index (χ3n) is 4.22. The lowest BCUT2D eigenvalue weighted by atomic mass is 10.2. The summed E-state index contributed by atoms with van der Waals surface area (Å²) >= 11 is 1.27. The number of nitrogens with zero attached hydrogens (tertiary/aromatic N) is 1. The van der Waals surface area contributed by atoms with Gasteiger partial charge in [0.1, 0.15) is 0 Å². The van der Waals surface area contributed by atoms with Gasteiger partial charge >= 0.3 is 5.97 Å². The zero-order chi connectivity index (χ0) is 23.1. The summed E-state index contributed by atoms with van der Waals surface area (Å²) in [5, 5.41) is 25.0. The quantitative estimate of drug-likeness (QED) is 0.264. The fourth-order valence-electron chi connectivity index (χ4n) is 2.64. The molecule has 3 rings (SSSR count). The molecule has 0 saturated carbocycles. The first kappa shape index (κ1) is 22.5. The number of amides is 2. The molecule has 0 atom stereocenters. The maximum absolute atomic E-state index is 12.4. The standard InChI is InChI=1S/C22H17N3O6S/c26-20(23-16-8-4-15(5-9-16)22(28)29)13-32-19-3-1-2-17(12-19)24-21(27)14-6-10-18(11-7-14)25(30)31/h1-12H,13H2,(H,23,26)(H,24,27)(H,28,29). The summed E-state index contributed by atoms with van der Waals surface area (Å²) in [6.07, 6.45) is 0. The maximum atomic E-state index is 12.4. The number of benzene rings is 3. The average molecular weight is 451 g/mol. The van der Waals surface area contributed by atoms with Gasteiger partial charge in [0.05, 0.1) is 16.2 Å². The van der Waals surface area contributed by atoms with Crippen LogP contribution in [0.2, 0.25) is 0 Å². The highest BCUT2D eigenvalue weighted by Gasteiger charge is 2.11. The number of carboxylic acids is 1. The molecule has 3 aromatic carbocycles. The molecule has 2 amide bonds. The first-order valence-corrected chi connectivity index (χ1v) is 10.2. The van der Waals surface area contributed by atoms with Crippen LogP contribution in [0.25, 0.3) is 0 Å². The molecule has 0 radical (unpaired) electrons. The first-order chi connectivity index (χ1) is 15.3. The van der Waals surface area contributed by atoms with Crippen LogP contribution in [0, 0.1) is 10.1 Å². The molecule has 0 aliphatic rings. The zero-order valence-corrected chi connectivity index (χ0v) is 17.3. The Morgan fingerprint density at radius 1 is 0.875 bits per heavy atom. The van der Waals surface area contributed by atoms with Crippen molar-refractivity contribution in [1.82, 2.24) is 0 Å². The van der Waals surface area contributed by atoms with E-state index < -0.39 is 16.8 Å². The molecule has 162 valence electrons. The second-order valence-electron chi connectivity index (χ2n) is 6.51. The van der Waals surface area contributed by atoms with Gasteiger partial charge in [0.15, 0.2) is 0 Å². The van der Waals surface area contributed by atoms with Crippen molar-refractivity contribution < 1.29 is 24.4 Å². The molecule has 0 aliphatic carbocycles. The van der Waals surface area contributed by atoms with E-state index in [9.17, 15) is 24.5 Å². The van der Waals surface area contributed by atoms with Crippen molar-refractivity contribution in [2.75, 3.05) is 16.4 Å². The SMILES string of the molecule is O=C(CSc1cccc(NC(=O)c2ccc([N+](=O)[O-])cc2)c1)Nc1ccc(C(=O)O)cc1. The molecule has 0 spiro atoms. The minimum absolute atomic E-state index is 0.101. The molecule has 0 saturated heterocycles. The highest BCUT2D eigenvalue weighted by molar-refractivity contribution is 8.00. The van der Waals surface area contributed by atoms with E-state index in [1.165, 1.54) is 60.3 Å². The number of carbonyl (C=O) groups excluding carboxylic acids is 2. The van der Waals surface area contributed by atoms with Gasteiger partial charge in [-0.2, -0.15) is 0 Å². The van der Waals surface area contributed by atoms with E-state index >= 15 is 0 Å². The summed E-state index contributed by atoms with van der Waals surface area (Å²) in [7, 11) is 0. The molecule has 32 heavy (non-hydrogen) atoms. The Hall–Kier alpha value is -4.18. The number of carboxylic acid groups (broad SMARTS) is 1. The number of aromatic carboxylic acids is 1. The van der Waals surface area contributed by atoms with E-state index in [1.54, 1.807) is 24.3 Å². The van der Waals surface area contributed by atoms with Gasteiger partial charge in [-0.15, -0.1) is 11.8 Å². The third kappa shape index (κ3) is 6.16. The number of nitro benzene ring substituents is 1. The van der Waals surface area contributed by atoms with E-state index in [1.807, 2.05) is 0 Å². The predicted molar refractivity (Wildman–Crippen MR) is 120 cm³/mol. The number of carbonyl (C=O) groups is 3. The largest absolute Gasteiger partial charge is 0.478 e. The molecule has 0 fully saturated rings. The molecular weight excluding hydrogens is 434 g/mol. The first-order valence-electron chi connectivity index (χ1n) is 9.24. The lowest BCUT2D eigenvalue weighted by Gasteiger charge is -2.08. The van der Waals surface area contributed by atoms with Crippen LogP contribution in [0.1, 0.15) is 20.7 Å². The fraction of sp³-hybridized carbons (Fsp3) is 0.0455. The average Bonchev–Trinajstić information content (AvgIpc) is 2.78. The normalized spacial score (nSPS) is 10.2. The van der Waals surface area contributed by atoms with Crippen LogP contribution < -0.4 is 10.6 Å². The molecule has 0 heterocycles. The van der Waals surface area contributed by atoms with E-state index in [-0.39, 0.29) is 28.5 Å². The Morgan fingerprint density at radius 2 is 1.53 bits per heavy atom. The molecular formula is C22H17N3O6S. The summed E-state index contributed by atoms with van der Waals surface area (Å²) in [5.41, 5.74) is 1.32. The van der Waals surface area contributed by atoms with Gasteiger partial charge in [-0.05, 0) is 54.6 Å². The Morgan fingerprint density at radius 3 is 2.16 bits per heavy atom. The summed E-state index contributed by atoms with van der Waals surface area (Å²) in [6, 6.07) is 18.0. The highest BCUT2D eigenvalue weighted by Crippen LogP contribution is 2.23. The Balaban J connectivity index is 1.55. The molecule has 0 aliphatic heterocycles. The van der Waals surface area contributed by atoms with Crippen LogP contribution >= 0.6 is 11.8 Å². The van der Waals surface area contributed by atoms with Crippen molar-refractivity contribution >= 4 is 46.6 Å². The van der Waals surface area contributed by atoms with Gasteiger partial charge < -0.3 is 15.7 Å². The highest BCUT2D eigenvalue weighted by atomic mass is 32.2. The van der Waals surface area contributed by atoms with E-state index in [4.69, 9.17) is 5.11 Å². The predicted octanol–water partition coefficient (Wildman–Crippen LogP) is 4.28. The molecule has 10 heteroatoms. The van der Waals surface area contributed by atoms with Crippen LogP contribution in [0.5, 0.6) is 0 Å². The topological polar surface area (TPSA) is 139 Å². The van der Waals surface area contributed by atoms with Crippen LogP contribution in [0.3, 0.4) is 0 Å². The maximum Gasteiger partial charge on any atom is 0.335 e. The molecule has 9 nitrogen and oxygen atoms in total. The molecule has 3 N–H and O–H groups in total. The van der Waals surface area contributed by atoms with Gasteiger partial charge in [-0.25, -0.2) is 4.79 Å². The number of rotatable bonds is 8. The van der Waals surface area contributed by atoms with Gasteiger partial charge in [0.2, 0.25) is 5.91 Å². The summed E-state index contributed by atoms with van der Waals surface area (Å²) in [6.45, 7) is 0. The Bertz CT molecular complexity index is 1160. The number of anilines is 2. The molecule has 0 aromatic heterocycles. The zero-order valence-electron chi connectivity index (χ0n) is 16.5. The van der Waals surface area contributed by atoms with E-state index in [2.05, 4.69) is 10.6 Å². The van der Waals surface area contributed by atoms with Crippen molar-refractivity contribution in [2.24, 2.45) is 0 Å². The number of hydrogen-bond donors (Lipinski definition) is 3. The summed E-state index contributed by atoms with van der Waals surface area (Å²) in [5.74, 6) is -1.61. The van der Waals surface area contributed by atoms with Crippen molar-refractivity contribution in [3.05, 3.63) is 94.0 Å². The molecule has 3 aromatic rings. The van der Waals surface area contributed by atoms with Gasteiger partial charge in [-0.3, -0.25) is 19.7 Å². The summed E-state index contributed by atoms with van der Waals surface area (Å²) in [4.78, 5) is 46.3. The van der Waals surface area contributed by atoms with Crippen LogP contribution in [-0.2, 0) is 4.79 Å². The fourth-order valence-corrected chi connectivity index (χ4v) is 3.40. The number of thioether (sulfide) groups is 1. The second-order valence-corrected chi connectivity index (χ2v) is 7.55. The van der Waals surface area contributed by atoms with Crippen LogP contribution in [0.4, 0.5) is 17.1 Å². The lowest BCUT2D eigenvalue weighted by molar-refractivity contribution is -0.384. The monoisotopic (exact) mass is 451 g/mol. The molecule has 0 bridgehead atoms. The third-order valence-corrected chi connectivity index (χ3v) is 5.21. The minimum Gasteiger partial charge on any atom is -0.478 e. The van der Waals surface area contributed by atoms with Crippen LogP contribution in [-0.4, -0.2) is 33.6 Å².